The van der Waals surface area contributed by atoms with Crippen molar-refractivity contribution in [3.8, 4) is 0 Å². The second-order valence-electron chi connectivity index (χ2n) is 5.84. The van der Waals surface area contributed by atoms with Gasteiger partial charge in [-0.15, -0.1) is 11.6 Å². The highest BCUT2D eigenvalue weighted by atomic mass is 35.5. The Balaban J connectivity index is 2.04. The molecule has 1 fully saturated rings. The van der Waals surface area contributed by atoms with Gasteiger partial charge in [-0.3, -0.25) is 0 Å². The monoisotopic (exact) mass is 288 g/mol. The van der Waals surface area contributed by atoms with Gasteiger partial charge in [0.15, 0.2) is 0 Å². The molecule has 0 radical (unpaired) electrons. The third kappa shape index (κ3) is 2.14. The zero-order valence-electron chi connectivity index (χ0n) is 11.8. The fourth-order valence-electron chi connectivity index (χ4n) is 3.19. The molecule has 0 bridgehead atoms. The molecule has 0 saturated heterocycles. The van der Waals surface area contributed by atoms with Crippen molar-refractivity contribution in [2.75, 3.05) is 0 Å². The molecule has 1 atom stereocenters. The van der Waals surface area contributed by atoms with Crippen molar-refractivity contribution in [2.24, 2.45) is 0 Å². The van der Waals surface area contributed by atoms with Gasteiger partial charge in [0.1, 0.15) is 5.82 Å². The molecule has 2 heteroatoms. The van der Waals surface area contributed by atoms with Gasteiger partial charge in [0.25, 0.3) is 0 Å². The first-order valence-electron chi connectivity index (χ1n) is 7.01. The minimum Gasteiger partial charge on any atom is -0.207 e. The number of alkyl halides is 1. The lowest BCUT2D eigenvalue weighted by molar-refractivity contribution is 0.617. The smallest absolute Gasteiger partial charge is 0.123 e. The quantitative estimate of drug-likeness (QED) is 0.658. The molecule has 20 heavy (non-hydrogen) atoms. The molecule has 0 spiro atoms. The fourth-order valence-corrected chi connectivity index (χ4v) is 3.88. The van der Waals surface area contributed by atoms with Crippen LogP contribution in [0.5, 0.6) is 0 Å². The molecule has 3 rings (SSSR count). The molecule has 104 valence electrons. The van der Waals surface area contributed by atoms with Gasteiger partial charge in [-0.25, -0.2) is 4.39 Å². The zero-order valence-corrected chi connectivity index (χ0v) is 12.5. The Labute approximate surface area is 124 Å². The maximum Gasteiger partial charge on any atom is 0.123 e. The first-order valence-corrected chi connectivity index (χ1v) is 7.44. The van der Waals surface area contributed by atoms with Gasteiger partial charge in [0.05, 0.1) is 5.38 Å². The van der Waals surface area contributed by atoms with E-state index in [4.69, 9.17) is 11.6 Å². The van der Waals surface area contributed by atoms with Gasteiger partial charge in [0, 0.05) is 5.41 Å². The maximum absolute atomic E-state index is 13.5. The van der Waals surface area contributed by atoms with Gasteiger partial charge in [-0.2, -0.15) is 0 Å². The van der Waals surface area contributed by atoms with Crippen LogP contribution in [0, 0.1) is 19.7 Å². The van der Waals surface area contributed by atoms with Crippen molar-refractivity contribution in [3.63, 3.8) is 0 Å². The topological polar surface area (TPSA) is 0 Å². The number of hydrogen-bond donors (Lipinski definition) is 0. The summed E-state index contributed by atoms with van der Waals surface area (Å²) in [6.45, 7) is 3.89. The molecule has 0 aliphatic heterocycles. The zero-order chi connectivity index (χ0) is 14.3. The summed E-state index contributed by atoms with van der Waals surface area (Å²) in [7, 11) is 0. The summed E-state index contributed by atoms with van der Waals surface area (Å²) in [5.41, 5.74) is 4.31. The number of aryl methyl sites for hydroxylation is 2. The minimum absolute atomic E-state index is 0.0240. The highest BCUT2D eigenvalue weighted by molar-refractivity contribution is 6.22. The summed E-state index contributed by atoms with van der Waals surface area (Å²) in [6, 6.07) is 13.6. The first-order chi connectivity index (χ1) is 9.54. The van der Waals surface area contributed by atoms with Crippen LogP contribution in [0.2, 0.25) is 0 Å². The van der Waals surface area contributed by atoms with Crippen molar-refractivity contribution < 1.29 is 4.39 Å². The molecule has 1 aliphatic rings. The molecular weight excluding hydrogens is 271 g/mol. The lowest BCUT2D eigenvalue weighted by atomic mass is 9.85. The second kappa shape index (κ2) is 4.89. The Morgan fingerprint density at radius 3 is 2.10 bits per heavy atom. The van der Waals surface area contributed by atoms with Crippen molar-refractivity contribution in [3.05, 3.63) is 70.5 Å². The van der Waals surface area contributed by atoms with Crippen molar-refractivity contribution in [1.82, 2.24) is 0 Å². The number of halogens is 2. The van der Waals surface area contributed by atoms with E-state index in [0.717, 1.165) is 29.5 Å². The molecule has 0 aromatic heterocycles. The van der Waals surface area contributed by atoms with Crippen LogP contribution >= 0.6 is 11.6 Å². The summed E-state index contributed by atoms with van der Waals surface area (Å²) in [6.07, 6.45) is 2.20. The average molecular weight is 289 g/mol. The Hall–Kier alpha value is -1.34. The molecular formula is C18H18ClF. The van der Waals surface area contributed by atoms with Crippen LogP contribution in [0.4, 0.5) is 4.39 Å². The molecule has 0 N–H and O–H groups in total. The predicted molar refractivity (Wildman–Crippen MR) is 81.8 cm³/mol. The molecule has 0 nitrogen and oxygen atoms in total. The summed E-state index contributed by atoms with van der Waals surface area (Å²) >= 11 is 6.84. The molecule has 0 amide bonds. The number of rotatable bonds is 3. The fraction of sp³-hybridized carbons (Fsp3) is 0.333. The van der Waals surface area contributed by atoms with Crippen LogP contribution in [0.3, 0.4) is 0 Å². The van der Waals surface area contributed by atoms with Gasteiger partial charge in [-0.05, 0) is 61.1 Å². The largest absolute Gasteiger partial charge is 0.207 e. The lowest BCUT2D eigenvalue weighted by Crippen LogP contribution is -2.16. The van der Waals surface area contributed by atoms with Gasteiger partial charge in [-0.1, -0.05) is 30.3 Å². The van der Waals surface area contributed by atoms with Gasteiger partial charge >= 0.3 is 0 Å². The number of benzene rings is 2. The molecule has 2 aromatic rings. The standard InChI is InChI=1S/C18H18ClF/c1-12-10-15(20)11-13(2)16(12)17(19)18(8-9-18)14-6-4-3-5-7-14/h3-7,10-11,17H,8-9H2,1-2H3. The summed E-state index contributed by atoms with van der Waals surface area (Å²) in [4.78, 5) is 0. The van der Waals surface area contributed by atoms with E-state index in [1.165, 1.54) is 5.56 Å². The maximum atomic E-state index is 13.5. The normalized spacial score (nSPS) is 17.8. The summed E-state index contributed by atoms with van der Waals surface area (Å²) in [5, 5.41) is -0.0921. The minimum atomic E-state index is -0.183. The van der Waals surface area contributed by atoms with E-state index in [0.29, 0.717) is 0 Å². The van der Waals surface area contributed by atoms with E-state index in [-0.39, 0.29) is 16.6 Å². The molecule has 1 unspecified atom stereocenters. The van der Waals surface area contributed by atoms with Crippen LogP contribution < -0.4 is 0 Å². The molecule has 1 aliphatic carbocycles. The van der Waals surface area contributed by atoms with Crippen LogP contribution in [-0.4, -0.2) is 0 Å². The second-order valence-corrected chi connectivity index (χ2v) is 6.27. The first kappa shape index (κ1) is 13.6. The Morgan fingerprint density at radius 2 is 1.60 bits per heavy atom. The van der Waals surface area contributed by atoms with Crippen LogP contribution in [-0.2, 0) is 5.41 Å². The predicted octanol–water partition coefficient (Wildman–Crippen LogP) is 5.45. The van der Waals surface area contributed by atoms with Crippen molar-refractivity contribution in [2.45, 2.75) is 37.5 Å². The Kier molecular flexibility index (Phi) is 3.33. The van der Waals surface area contributed by atoms with E-state index in [9.17, 15) is 4.39 Å². The van der Waals surface area contributed by atoms with Crippen LogP contribution in [0.1, 0.15) is 40.5 Å². The third-order valence-electron chi connectivity index (χ3n) is 4.43. The summed E-state index contributed by atoms with van der Waals surface area (Å²) in [5.74, 6) is -0.183. The van der Waals surface area contributed by atoms with Crippen molar-refractivity contribution >= 4 is 11.6 Å². The Bertz CT molecular complexity index is 606. The average Bonchev–Trinajstić information content (AvgIpc) is 3.20. The van der Waals surface area contributed by atoms with E-state index in [2.05, 4.69) is 24.3 Å². The van der Waals surface area contributed by atoms with E-state index in [1.807, 2.05) is 19.9 Å². The van der Waals surface area contributed by atoms with Crippen molar-refractivity contribution in [1.29, 1.82) is 0 Å². The SMILES string of the molecule is Cc1cc(F)cc(C)c1C(Cl)C1(c2ccccc2)CC1. The number of hydrogen-bond acceptors (Lipinski definition) is 0. The van der Waals surface area contributed by atoms with Gasteiger partial charge < -0.3 is 0 Å². The van der Waals surface area contributed by atoms with E-state index < -0.39 is 0 Å². The molecule has 1 saturated carbocycles. The molecule has 0 heterocycles. The van der Waals surface area contributed by atoms with E-state index >= 15 is 0 Å². The third-order valence-corrected chi connectivity index (χ3v) is 5.07. The molecule has 2 aromatic carbocycles. The summed E-state index contributed by atoms with van der Waals surface area (Å²) < 4.78 is 13.5. The highest BCUT2D eigenvalue weighted by Crippen LogP contribution is 2.60. The highest BCUT2D eigenvalue weighted by Gasteiger charge is 2.51. The van der Waals surface area contributed by atoms with Gasteiger partial charge in [0.2, 0.25) is 0 Å². The van der Waals surface area contributed by atoms with Crippen LogP contribution in [0.15, 0.2) is 42.5 Å². The Morgan fingerprint density at radius 1 is 1.05 bits per heavy atom. The van der Waals surface area contributed by atoms with Crippen LogP contribution in [0.25, 0.3) is 0 Å². The van der Waals surface area contributed by atoms with E-state index in [1.54, 1.807) is 12.1 Å². The lowest BCUT2D eigenvalue weighted by Gasteiger charge is -2.25.